The average molecular weight is 280 g/mol. The van der Waals surface area contributed by atoms with Crippen LogP contribution in [-0.2, 0) is 14.3 Å². The molecule has 0 bridgehead atoms. The zero-order valence-electron chi connectivity index (χ0n) is 9.46. The Morgan fingerprint density at radius 3 is 2.53 bits per heavy atom. The molecule has 5 heteroatoms. The molecule has 0 aromatic rings. The summed E-state index contributed by atoms with van der Waals surface area (Å²) in [5.74, 6) is -0.105. The van der Waals surface area contributed by atoms with Crippen LogP contribution in [0.2, 0.25) is 0 Å². The van der Waals surface area contributed by atoms with Crippen molar-refractivity contribution in [2.24, 2.45) is 5.92 Å². The molecule has 15 heavy (non-hydrogen) atoms. The second kappa shape index (κ2) is 5.27. The van der Waals surface area contributed by atoms with Crippen LogP contribution in [0.1, 0.15) is 13.3 Å². The maximum Gasteiger partial charge on any atom is 0.223 e. The lowest BCUT2D eigenvalue weighted by molar-refractivity contribution is -0.203. The van der Waals surface area contributed by atoms with Gasteiger partial charge in [0.15, 0.2) is 5.79 Å². The fourth-order valence-corrected chi connectivity index (χ4v) is 2.10. The highest BCUT2D eigenvalue weighted by Crippen LogP contribution is 2.22. The van der Waals surface area contributed by atoms with Crippen LogP contribution in [0, 0.1) is 5.92 Å². The Kier molecular flexibility index (Phi) is 4.55. The largest absolute Gasteiger partial charge is 0.352 e. The highest BCUT2D eigenvalue weighted by Gasteiger charge is 2.34. The number of hydrogen-bond donors (Lipinski definition) is 0. The van der Waals surface area contributed by atoms with Gasteiger partial charge in [-0.2, -0.15) is 0 Å². The molecule has 0 radical (unpaired) electrons. The van der Waals surface area contributed by atoms with E-state index in [2.05, 4.69) is 15.9 Å². The Balaban J connectivity index is 2.55. The molecule has 0 aliphatic carbocycles. The Morgan fingerprint density at radius 2 is 2.13 bits per heavy atom. The molecule has 0 spiro atoms. The van der Waals surface area contributed by atoms with Gasteiger partial charge < -0.3 is 14.4 Å². The van der Waals surface area contributed by atoms with Crippen LogP contribution in [0.3, 0.4) is 0 Å². The Bertz CT molecular complexity index is 231. The Hall–Kier alpha value is -0.130. The average Bonchev–Trinajstić information content (AvgIpc) is 2.59. The minimum Gasteiger partial charge on any atom is -0.352 e. The molecule has 1 rings (SSSR count). The van der Waals surface area contributed by atoms with Crippen LogP contribution in [-0.4, -0.2) is 49.2 Å². The standard InChI is InChI=1S/C10H18BrNO3/c1-10(14-2,15-3)7-12-6-8(5-11)4-9(12)13/h8H,4-7H2,1-3H3. The first kappa shape index (κ1) is 12.9. The third-order valence-electron chi connectivity index (χ3n) is 2.85. The highest BCUT2D eigenvalue weighted by molar-refractivity contribution is 9.09. The van der Waals surface area contributed by atoms with Gasteiger partial charge in [0, 0.05) is 32.5 Å². The zero-order valence-corrected chi connectivity index (χ0v) is 11.0. The van der Waals surface area contributed by atoms with Gasteiger partial charge in [-0.15, -0.1) is 0 Å². The second-order valence-electron chi connectivity index (χ2n) is 4.04. The molecule has 88 valence electrons. The lowest BCUT2D eigenvalue weighted by Gasteiger charge is -2.31. The molecule has 0 N–H and O–H groups in total. The van der Waals surface area contributed by atoms with Gasteiger partial charge in [-0.3, -0.25) is 4.79 Å². The maximum absolute atomic E-state index is 11.6. The zero-order chi connectivity index (χ0) is 11.5. The Morgan fingerprint density at radius 1 is 1.53 bits per heavy atom. The normalized spacial score (nSPS) is 22.5. The summed E-state index contributed by atoms with van der Waals surface area (Å²) >= 11 is 3.40. The van der Waals surface area contributed by atoms with E-state index in [1.165, 1.54) is 0 Å². The van der Waals surface area contributed by atoms with E-state index in [1.807, 2.05) is 6.92 Å². The molecule has 1 fully saturated rings. The van der Waals surface area contributed by atoms with Crippen molar-refractivity contribution in [3.8, 4) is 0 Å². The Labute approximate surface area is 99.0 Å². The van der Waals surface area contributed by atoms with E-state index in [9.17, 15) is 4.79 Å². The minimum absolute atomic E-state index is 0.180. The summed E-state index contributed by atoms with van der Waals surface area (Å²) in [5.41, 5.74) is 0. The summed E-state index contributed by atoms with van der Waals surface area (Å²) in [6.45, 7) is 3.11. The lowest BCUT2D eigenvalue weighted by atomic mass is 10.2. The number of rotatable bonds is 5. The number of carbonyl (C=O) groups excluding carboxylic acids is 1. The summed E-state index contributed by atoms with van der Waals surface area (Å²) in [6, 6.07) is 0. The van der Waals surface area contributed by atoms with Crippen molar-refractivity contribution in [2.45, 2.75) is 19.1 Å². The molecule has 0 aromatic heterocycles. The maximum atomic E-state index is 11.6. The fourth-order valence-electron chi connectivity index (χ4n) is 1.67. The number of hydrogen-bond acceptors (Lipinski definition) is 3. The first-order valence-corrected chi connectivity index (χ1v) is 6.11. The molecule has 0 saturated carbocycles. The van der Waals surface area contributed by atoms with Crippen molar-refractivity contribution >= 4 is 21.8 Å². The predicted molar refractivity (Wildman–Crippen MR) is 60.9 cm³/mol. The van der Waals surface area contributed by atoms with E-state index in [1.54, 1.807) is 19.1 Å². The number of nitrogens with zero attached hydrogens (tertiary/aromatic N) is 1. The molecule has 1 saturated heterocycles. The van der Waals surface area contributed by atoms with Crippen molar-refractivity contribution in [1.82, 2.24) is 4.90 Å². The highest BCUT2D eigenvalue weighted by atomic mass is 79.9. The molecule has 4 nitrogen and oxygen atoms in total. The van der Waals surface area contributed by atoms with Crippen molar-refractivity contribution in [3.63, 3.8) is 0 Å². The van der Waals surface area contributed by atoms with E-state index in [0.717, 1.165) is 11.9 Å². The smallest absolute Gasteiger partial charge is 0.223 e. The number of carbonyl (C=O) groups is 1. The van der Waals surface area contributed by atoms with Crippen LogP contribution in [0.5, 0.6) is 0 Å². The van der Waals surface area contributed by atoms with Gasteiger partial charge in [0.05, 0.1) is 6.54 Å². The molecular formula is C10H18BrNO3. The van der Waals surface area contributed by atoms with Crippen molar-refractivity contribution in [2.75, 3.05) is 32.6 Å². The van der Waals surface area contributed by atoms with Gasteiger partial charge in [0.1, 0.15) is 0 Å². The van der Waals surface area contributed by atoms with E-state index in [4.69, 9.17) is 9.47 Å². The fraction of sp³-hybridized carbons (Fsp3) is 0.900. The summed E-state index contributed by atoms with van der Waals surface area (Å²) < 4.78 is 10.5. The van der Waals surface area contributed by atoms with Crippen LogP contribution in [0.25, 0.3) is 0 Å². The third kappa shape index (κ3) is 3.16. The lowest BCUT2D eigenvalue weighted by Crippen LogP contribution is -2.44. The van der Waals surface area contributed by atoms with E-state index in [-0.39, 0.29) is 5.91 Å². The number of amides is 1. The van der Waals surface area contributed by atoms with Crippen LogP contribution in [0.15, 0.2) is 0 Å². The van der Waals surface area contributed by atoms with E-state index < -0.39 is 5.79 Å². The molecule has 0 aromatic carbocycles. The van der Waals surface area contributed by atoms with Crippen LogP contribution < -0.4 is 0 Å². The molecular weight excluding hydrogens is 262 g/mol. The quantitative estimate of drug-likeness (QED) is 0.562. The molecule has 1 heterocycles. The van der Waals surface area contributed by atoms with Gasteiger partial charge in [0.25, 0.3) is 0 Å². The molecule has 1 aliphatic rings. The van der Waals surface area contributed by atoms with E-state index in [0.29, 0.717) is 18.9 Å². The molecule has 1 unspecified atom stereocenters. The number of halogens is 1. The topological polar surface area (TPSA) is 38.8 Å². The van der Waals surface area contributed by atoms with Gasteiger partial charge in [-0.25, -0.2) is 0 Å². The first-order valence-electron chi connectivity index (χ1n) is 4.98. The number of likely N-dealkylation sites (tertiary alicyclic amines) is 1. The van der Waals surface area contributed by atoms with Crippen molar-refractivity contribution in [1.29, 1.82) is 0 Å². The van der Waals surface area contributed by atoms with Crippen molar-refractivity contribution in [3.05, 3.63) is 0 Å². The number of methoxy groups -OCH3 is 2. The summed E-state index contributed by atoms with van der Waals surface area (Å²) in [4.78, 5) is 13.5. The number of ether oxygens (including phenoxy) is 2. The van der Waals surface area contributed by atoms with Crippen LogP contribution >= 0.6 is 15.9 Å². The van der Waals surface area contributed by atoms with Gasteiger partial charge in [-0.05, 0) is 12.8 Å². The first-order chi connectivity index (χ1) is 7.04. The van der Waals surface area contributed by atoms with Gasteiger partial charge in [0.2, 0.25) is 5.91 Å². The third-order valence-corrected chi connectivity index (χ3v) is 3.77. The number of alkyl halides is 1. The van der Waals surface area contributed by atoms with Crippen LogP contribution in [0.4, 0.5) is 0 Å². The van der Waals surface area contributed by atoms with E-state index >= 15 is 0 Å². The van der Waals surface area contributed by atoms with Gasteiger partial charge in [-0.1, -0.05) is 15.9 Å². The summed E-state index contributed by atoms with van der Waals surface area (Å²) in [5, 5.41) is 0.867. The summed E-state index contributed by atoms with van der Waals surface area (Å²) in [6.07, 6.45) is 0.620. The summed E-state index contributed by atoms with van der Waals surface area (Å²) in [7, 11) is 3.18. The minimum atomic E-state index is -0.698. The molecule has 1 atom stereocenters. The monoisotopic (exact) mass is 279 g/mol. The predicted octanol–water partition coefficient (Wildman–Crippen LogP) is 1.24. The SMILES string of the molecule is COC(C)(CN1CC(CBr)CC1=O)OC. The molecule has 1 amide bonds. The molecule has 1 aliphatic heterocycles. The van der Waals surface area contributed by atoms with Crippen molar-refractivity contribution < 1.29 is 14.3 Å². The second-order valence-corrected chi connectivity index (χ2v) is 4.69. The van der Waals surface area contributed by atoms with Gasteiger partial charge >= 0.3 is 0 Å².